The molecule has 0 atom stereocenters. The van der Waals surface area contributed by atoms with Crippen LogP contribution in [-0.4, -0.2) is 37.4 Å². The zero-order valence-electron chi connectivity index (χ0n) is 13.7. The van der Waals surface area contributed by atoms with E-state index in [1.54, 1.807) is 26.4 Å². The third-order valence-electron chi connectivity index (χ3n) is 4.08. The quantitative estimate of drug-likeness (QED) is 0.866. The molecule has 1 aromatic heterocycles. The summed E-state index contributed by atoms with van der Waals surface area (Å²) in [6, 6.07) is 3.55. The summed E-state index contributed by atoms with van der Waals surface area (Å²) in [5, 5.41) is 7.87. The molecule has 1 N–H and O–H groups in total. The Hall–Kier alpha value is -1.50. The summed E-state index contributed by atoms with van der Waals surface area (Å²) in [4.78, 5) is 4.49. The smallest absolute Gasteiger partial charge is 0.227 e. The average Bonchev–Trinajstić information content (AvgIpc) is 3.03. The van der Waals surface area contributed by atoms with Crippen LogP contribution in [0.1, 0.15) is 18.7 Å². The van der Waals surface area contributed by atoms with Gasteiger partial charge in [0.25, 0.3) is 0 Å². The van der Waals surface area contributed by atoms with Gasteiger partial charge in [-0.05, 0) is 44.0 Å². The number of nitrogens with zero attached hydrogens (tertiary/aromatic N) is 2. The summed E-state index contributed by atoms with van der Waals surface area (Å²) in [6.45, 7) is 2.11. The Labute approximate surface area is 152 Å². The second-order valence-corrected chi connectivity index (χ2v) is 6.01. The van der Waals surface area contributed by atoms with Gasteiger partial charge in [-0.15, -0.1) is 12.4 Å². The summed E-state index contributed by atoms with van der Waals surface area (Å²) in [5.74, 6) is 2.81. The molecule has 0 unspecified atom stereocenters. The van der Waals surface area contributed by atoms with E-state index in [9.17, 15) is 0 Å². The van der Waals surface area contributed by atoms with E-state index in [2.05, 4.69) is 15.5 Å². The normalized spacial score (nSPS) is 15.0. The molecule has 6 nitrogen and oxygen atoms in total. The molecule has 24 heavy (non-hydrogen) atoms. The first kappa shape index (κ1) is 18.8. The second-order valence-electron chi connectivity index (χ2n) is 5.60. The Bertz CT molecular complexity index is 673. The van der Waals surface area contributed by atoms with Crippen molar-refractivity contribution in [2.75, 3.05) is 27.3 Å². The highest BCUT2D eigenvalue weighted by Gasteiger charge is 2.19. The lowest BCUT2D eigenvalue weighted by atomic mass is 9.95. The summed E-state index contributed by atoms with van der Waals surface area (Å²) in [7, 11) is 3.12. The second kappa shape index (κ2) is 8.55. The fourth-order valence-corrected chi connectivity index (χ4v) is 3.12. The molecule has 0 aliphatic carbocycles. The highest BCUT2D eigenvalue weighted by atomic mass is 35.5. The SMILES string of the molecule is COc1cc(-c2noc(CC3CCNCC3)n2)cc(Cl)c1OC.Cl. The van der Waals surface area contributed by atoms with Gasteiger partial charge in [0.15, 0.2) is 11.5 Å². The predicted molar refractivity (Wildman–Crippen MR) is 94.4 cm³/mol. The molecule has 0 saturated carbocycles. The van der Waals surface area contributed by atoms with Crippen molar-refractivity contribution in [1.29, 1.82) is 0 Å². The van der Waals surface area contributed by atoms with Gasteiger partial charge in [0, 0.05) is 12.0 Å². The topological polar surface area (TPSA) is 69.4 Å². The molecule has 8 heteroatoms. The first-order valence-electron chi connectivity index (χ1n) is 7.66. The van der Waals surface area contributed by atoms with Gasteiger partial charge in [-0.25, -0.2) is 0 Å². The molecule has 0 bridgehead atoms. The molecule has 3 rings (SSSR count). The fourth-order valence-electron chi connectivity index (χ4n) is 2.83. The lowest BCUT2D eigenvalue weighted by molar-refractivity contribution is 0.313. The van der Waals surface area contributed by atoms with Crippen LogP contribution in [0.2, 0.25) is 5.02 Å². The van der Waals surface area contributed by atoms with Crippen LogP contribution < -0.4 is 14.8 Å². The molecule has 0 amide bonds. The van der Waals surface area contributed by atoms with E-state index >= 15 is 0 Å². The highest BCUT2D eigenvalue weighted by Crippen LogP contribution is 2.38. The number of rotatable bonds is 5. The van der Waals surface area contributed by atoms with Crippen LogP contribution in [-0.2, 0) is 6.42 Å². The molecule has 1 aliphatic heterocycles. The minimum atomic E-state index is 0. The fraction of sp³-hybridized carbons (Fsp3) is 0.500. The van der Waals surface area contributed by atoms with E-state index in [4.69, 9.17) is 25.6 Å². The van der Waals surface area contributed by atoms with Gasteiger partial charge in [-0.1, -0.05) is 16.8 Å². The van der Waals surface area contributed by atoms with Crippen molar-refractivity contribution in [3.8, 4) is 22.9 Å². The van der Waals surface area contributed by atoms with Crippen molar-refractivity contribution in [3.05, 3.63) is 23.0 Å². The minimum absolute atomic E-state index is 0. The van der Waals surface area contributed by atoms with Crippen molar-refractivity contribution < 1.29 is 14.0 Å². The van der Waals surface area contributed by atoms with Gasteiger partial charge in [-0.3, -0.25) is 0 Å². The zero-order valence-corrected chi connectivity index (χ0v) is 15.2. The van der Waals surface area contributed by atoms with Crippen LogP contribution >= 0.6 is 24.0 Å². The maximum Gasteiger partial charge on any atom is 0.227 e. The molecule has 2 heterocycles. The third kappa shape index (κ3) is 4.12. The van der Waals surface area contributed by atoms with Crippen molar-refractivity contribution in [1.82, 2.24) is 15.5 Å². The van der Waals surface area contributed by atoms with Gasteiger partial charge >= 0.3 is 0 Å². The van der Waals surface area contributed by atoms with Crippen LogP contribution in [0.3, 0.4) is 0 Å². The monoisotopic (exact) mass is 373 g/mol. The molecule has 0 spiro atoms. The first-order chi connectivity index (χ1) is 11.2. The molecule has 0 radical (unpaired) electrons. The summed E-state index contributed by atoms with van der Waals surface area (Å²) in [5.41, 5.74) is 0.743. The number of ether oxygens (including phenoxy) is 2. The predicted octanol–water partition coefficient (Wildman–Crippen LogP) is 3.37. The number of aromatic nitrogens is 2. The van der Waals surface area contributed by atoms with Crippen LogP contribution in [0, 0.1) is 5.92 Å². The molecule has 1 aliphatic rings. The van der Waals surface area contributed by atoms with Crippen molar-refractivity contribution in [3.63, 3.8) is 0 Å². The Morgan fingerprint density at radius 2 is 2.00 bits per heavy atom. The molecule has 2 aromatic rings. The van der Waals surface area contributed by atoms with E-state index in [1.165, 1.54) is 0 Å². The largest absolute Gasteiger partial charge is 0.493 e. The lowest BCUT2D eigenvalue weighted by Gasteiger charge is -2.20. The van der Waals surface area contributed by atoms with Crippen LogP contribution in [0.4, 0.5) is 0 Å². The molecule has 132 valence electrons. The van der Waals surface area contributed by atoms with E-state index in [1.807, 2.05) is 0 Å². The van der Waals surface area contributed by atoms with Crippen LogP contribution in [0.5, 0.6) is 11.5 Å². The Morgan fingerprint density at radius 1 is 1.25 bits per heavy atom. The molecule has 1 saturated heterocycles. The van der Waals surface area contributed by atoms with Gasteiger partial charge in [-0.2, -0.15) is 4.98 Å². The maximum atomic E-state index is 6.23. The number of hydrogen-bond acceptors (Lipinski definition) is 6. The molecular weight excluding hydrogens is 353 g/mol. The zero-order chi connectivity index (χ0) is 16.2. The van der Waals surface area contributed by atoms with Gasteiger partial charge < -0.3 is 19.3 Å². The molecular formula is C16H21Cl2N3O3. The van der Waals surface area contributed by atoms with E-state index in [-0.39, 0.29) is 12.4 Å². The number of benzene rings is 1. The summed E-state index contributed by atoms with van der Waals surface area (Å²) in [6.07, 6.45) is 3.09. The van der Waals surface area contributed by atoms with Gasteiger partial charge in [0.05, 0.1) is 19.2 Å². The summed E-state index contributed by atoms with van der Waals surface area (Å²) >= 11 is 6.23. The Morgan fingerprint density at radius 3 is 2.67 bits per heavy atom. The number of nitrogens with one attached hydrogen (secondary N) is 1. The summed E-state index contributed by atoms with van der Waals surface area (Å²) < 4.78 is 15.9. The number of hydrogen-bond donors (Lipinski definition) is 1. The Kier molecular flexibility index (Phi) is 6.71. The average molecular weight is 374 g/mol. The number of methoxy groups -OCH3 is 2. The van der Waals surface area contributed by atoms with Crippen molar-refractivity contribution in [2.45, 2.75) is 19.3 Å². The molecule has 1 aromatic carbocycles. The van der Waals surface area contributed by atoms with Gasteiger partial charge in [0.2, 0.25) is 11.7 Å². The van der Waals surface area contributed by atoms with Crippen molar-refractivity contribution in [2.24, 2.45) is 5.92 Å². The number of halogens is 2. The van der Waals surface area contributed by atoms with Crippen LogP contribution in [0.25, 0.3) is 11.4 Å². The standard InChI is InChI=1S/C16H20ClN3O3.ClH/c1-21-13-9-11(8-12(17)15(13)22-2)16-19-14(23-20-16)7-10-3-5-18-6-4-10;/h8-10,18H,3-7H2,1-2H3;1H. The number of piperidine rings is 1. The van der Waals surface area contributed by atoms with E-state index in [0.717, 1.165) is 37.9 Å². The maximum absolute atomic E-state index is 6.23. The minimum Gasteiger partial charge on any atom is -0.493 e. The highest BCUT2D eigenvalue weighted by molar-refractivity contribution is 6.32. The molecule has 1 fully saturated rings. The lowest BCUT2D eigenvalue weighted by Crippen LogP contribution is -2.28. The Balaban J connectivity index is 0.00000208. The van der Waals surface area contributed by atoms with Gasteiger partial charge in [0.1, 0.15) is 0 Å². The van der Waals surface area contributed by atoms with E-state index in [0.29, 0.717) is 34.2 Å². The van der Waals surface area contributed by atoms with Crippen molar-refractivity contribution >= 4 is 24.0 Å². The third-order valence-corrected chi connectivity index (χ3v) is 4.36. The first-order valence-corrected chi connectivity index (χ1v) is 8.04. The van der Waals surface area contributed by atoms with E-state index < -0.39 is 0 Å². The van der Waals surface area contributed by atoms with Crippen LogP contribution in [0.15, 0.2) is 16.7 Å².